The van der Waals surface area contributed by atoms with Crippen LogP contribution in [-0.4, -0.2) is 27.5 Å². The first-order valence-electron chi connectivity index (χ1n) is 9.10. The molecule has 3 aromatic rings. The molecule has 1 aliphatic rings. The Hall–Kier alpha value is -2.79. The molecule has 0 aliphatic carbocycles. The molecule has 6 heteroatoms. The molecule has 5 nitrogen and oxygen atoms in total. The molecule has 0 radical (unpaired) electrons. The second-order valence-electron chi connectivity index (χ2n) is 6.72. The van der Waals surface area contributed by atoms with Crippen LogP contribution in [0.5, 0.6) is 0 Å². The van der Waals surface area contributed by atoms with Crippen LogP contribution in [-0.2, 0) is 13.1 Å². The predicted octanol–water partition coefficient (Wildman–Crippen LogP) is 4.71. The van der Waals surface area contributed by atoms with Crippen molar-refractivity contribution in [2.24, 2.45) is 0 Å². The van der Waals surface area contributed by atoms with Gasteiger partial charge in [0.2, 0.25) is 0 Å². The molecule has 2 aromatic carbocycles. The van der Waals surface area contributed by atoms with Crippen LogP contribution in [0.15, 0.2) is 48.7 Å². The summed E-state index contributed by atoms with van der Waals surface area (Å²) in [5, 5.41) is 11.5. The van der Waals surface area contributed by atoms with E-state index in [1.165, 1.54) is 0 Å². The van der Waals surface area contributed by atoms with Crippen molar-refractivity contribution in [2.45, 2.75) is 26.4 Å². The van der Waals surface area contributed by atoms with Gasteiger partial charge in [-0.05, 0) is 42.3 Å². The minimum Gasteiger partial charge on any atom is -0.381 e. The normalized spacial score (nSPS) is 13.1. The van der Waals surface area contributed by atoms with Crippen LogP contribution in [0.3, 0.4) is 0 Å². The minimum atomic E-state index is 0.137. The molecule has 0 atom stereocenters. The molecule has 27 heavy (non-hydrogen) atoms. The van der Waals surface area contributed by atoms with Crippen LogP contribution >= 0.6 is 11.6 Å². The van der Waals surface area contributed by atoms with Crippen molar-refractivity contribution in [3.05, 3.63) is 70.4 Å². The Kier molecular flexibility index (Phi) is 4.86. The lowest BCUT2D eigenvalue weighted by molar-refractivity contribution is 0.0778. The molecular weight excluding hydrogens is 360 g/mol. The van der Waals surface area contributed by atoms with Crippen molar-refractivity contribution in [2.75, 3.05) is 11.9 Å². The first-order valence-corrected chi connectivity index (χ1v) is 9.48. The summed E-state index contributed by atoms with van der Waals surface area (Å²) in [5.41, 5.74) is 5.91. The number of anilines is 1. The number of benzene rings is 2. The van der Waals surface area contributed by atoms with Crippen LogP contribution in [0.4, 0.5) is 5.69 Å². The van der Waals surface area contributed by atoms with E-state index in [4.69, 9.17) is 11.6 Å². The molecule has 2 heterocycles. The Morgan fingerprint density at radius 3 is 2.81 bits per heavy atom. The van der Waals surface area contributed by atoms with E-state index in [1.54, 1.807) is 0 Å². The van der Waals surface area contributed by atoms with Gasteiger partial charge in [0.25, 0.3) is 5.91 Å². The van der Waals surface area contributed by atoms with Crippen LogP contribution in [0.2, 0.25) is 5.02 Å². The van der Waals surface area contributed by atoms with E-state index in [0.717, 1.165) is 46.6 Å². The lowest BCUT2D eigenvalue weighted by Crippen LogP contribution is -2.24. The molecule has 0 fully saturated rings. The maximum Gasteiger partial charge on any atom is 0.254 e. The van der Waals surface area contributed by atoms with Gasteiger partial charge in [-0.2, -0.15) is 5.10 Å². The second-order valence-corrected chi connectivity index (χ2v) is 7.15. The Bertz CT molecular complexity index is 965. The van der Waals surface area contributed by atoms with E-state index in [-0.39, 0.29) is 5.91 Å². The molecular formula is C21H21ClN4O. The van der Waals surface area contributed by atoms with Gasteiger partial charge in [0.15, 0.2) is 0 Å². The fourth-order valence-corrected chi connectivity index (χ4v) is 3.57. The van der Waals surface area contributed by atoms with E-state index >= 15 is 0 Å². The first-order chi connectivity index (χ1) is 13.2. The summed E-state index contributed by atoms with van der Waals surface area (Å²) in [6.07, 6.45) is 2.87. The lowest BCUT2D eigenvalue weighted by Gasteiger charge is -2.13. The van der Waals surface area contributed by atoms with Gasteiger partial charge in [-0.1, -0.05) is 30.7 Å². The van der Waals surface area contributed by atoms with Gasteiger partial charge in [-0.25, -0.2) is 0 Å². The third-order valence-electron chi connectivity index (χ3n) is 4.80. The number of aromatic nitrogens is 2. The van der Waals surface area contributed by atoms with E-state index in [2.05, 4.69) is 28.5 Å². The SMILES string of the molecule is CCCN1Cc2cc(NCc3c[nH]nc3-c3ccc(Cl)cc3)ccc2C1=O. The van der Waals surface area contributed by atoms with Crippen molar-refractivity contribution in [3.63, 3.8) is 0 Å². The number of carbonyl (C=O) groups excluding carboxylic acids is 1. The van der Waals surface area contributed by atoms with E-state index in [9.17, 15) is 4.79 Å². The zero-order valence-corrected chi connectivity index (χ0v) is 15.9. The van der Waals surface area contributed by atoms with Crippen molar-refractivity contribution >= 4 is 23.2 Å². The molecule has 0 unspecified atom stereocenters. The largest absolute Gasteiger partial charge is 0.381 e. The van der Waals surface area contributed by atoms with Crippen LogP contribution < -0.4 is 5.32 Å². The first kappa shape index (κ1) is 17.6. The maximum atomic E-state index is 12.4. The number of fused-ring (bicyclic) bond motifs is 1. The number of rotatable bonds is 6. The molecule has 2 N–H and O–H groups in total. The Labute approximate surface area is 163 Å². The Morgan fingerprint density at radius 2 is 2.04 bits per heavy atom. The van der Waals surface area contributed by atoms with Gasteiger partial charge < -0.3 is 10.2 Å². The molecule has 138 valence electrons. The van der Waals surface area contributed by atoms with E-state index in [1.807, 2.05) is 47.5 Å². The van der Waals surface area contributed by atoms with Crippen molar-refractivity contribution < 1.29 is 4.79 Å². The average Bonchev–Trinajstić information content (AvgIpc) is 3.26. The predicted molar refractivity (Wildman–Crippen MR) is 108 cm³/mol. The van der Waals surface area contributed by atoms with Crippen LogP contribution in [0.25, 0.3) is 11.3 Å². The molecule has 1 aliphatic heterocycles. The number of hydrogen-bond donors (Lipinski definition) is 2. The van der Waals surface area contributed by atoms with Gasteiger partial charge in [0, 0.05) is 53.2 Å². The maximum absolute atomic E-state index is 12.4. The molecule has 0 saturated heterocycles. The van der Waals surface area contributed by atoms with Crippen molar-refractivity contribution in [3.8, 4) is 11.3 Å². The number of halogens is 1. The molecule has 4 rings (SSSR count). The average molecular weight is 381 g/mol. The molecule has 0 bridgehead atoms. The van der Waals surface area contributed by atoms with E-state index in [0.29, 0.717) is 18.1 Å². The smallest absolute Gasteiger partial charge is 0.254 e. The van der Waals surface area contributed by atoms with Gasteiger partial charge in [0.05, 0.1) is 5.69 Å². The third-order valence-corrected chi connectivity index (χ3v) is 5.05. The highest BCUT2D eigenvalue weighted by Gasteiger charge is 2.26. The highest BCUT2D eigenvalue weighted by molar-refractivity contribution is 6.30. The quantitative estimate of drug-likeness (QED) is 0.651. The van der Waals surface area contributed by atoms with Crippen LogP contribution in [0, 0.1) is 0 Å². The van der Waals surface area contributed by atoms with E-state index < -0.39 is 0 Å². The molecule has 1 aromatic heterocycles. The fraction of sp³-hybridized carbons (Fsp3) is 0.238. The fourth-order valence-electron chi connectivity index (χ4n) is 3.45. The highest BCUT2D eigenvalue weighted by Crippen LogP contribution is 2.27. The molecule has 1 amide bonds. The summed E-state index contributed by atoms with van der Waals surface area (Å²) in [6, 6.07) is 13.6. The highest BCUT2D eigenvalue weighted by atomic mass is 35.5. The molecule has 0 saturated carbocycles. The number of H-pyrrole nitrogens is 1. The zero-order valence-electron chi connectivity index (χ0n) is 15.1. The lowest BCUT2D eigenvalue weighted by atomic mass is 10.1. The number of carbonyl (C=O) groups is 1. The Morgan fingerprint density at radius 1 is 1.22 bits per heavy atom. The molecule has 0 spiro atoms. The topological polar surface area (TPSA) is 61.0 Å². The number of hydrogen-bond acceptors (Lipinski definition) is 3. The second kappa shape index (κ2) is 7.45. The monoisotopic (exact) mass is 380 g/mol. The summed E-state index contributed by atoms with van der Waals surface area (Å²) >= 11 is 5.97. The van der Waals surface area contributed by atoms with Gasteiger partial charge in [-0.15, -0.1) is 0 Å². The third kappa shape index (κ3) is 3.55. The standard InChI is InChI=1S/C21H21ClN4O/c1-2-9-26-13-15-10-18(7-8-19(15)21(26)27)23-11-16-12-24-25-20(16)14-3-5-17(22)6-4-14/h3-8,10,12,23H,2,9,11,13H2,1H3,(H,24,25). The summed E-state index contributed by atoms with van der Waals surface area (Å²) in [6.45, 7) is 4.22. The van der Waals surface area contributed by atoms with Gasteiger partial charge >= 0.3 is 0 Å². The number of aromatic amines is 1. The number of nitrogens with one attached hydrogen (secondary N) is 2. The summed E-state index contributed by atoms with van der Waals surface area (Å²) in [5.74, 6) is 0.137. The summed E-state index contributed by atoms with van der Waals surface area (Å²) in [4.78, 5) is 14.3. The summed E-state index contributed by atoms with van der Waals surface area (Å²) in [7, 11) is 0. The van der Waals surface area contributed by atoms with Crippen molar-refractivity contribution in [1.29, 1.82) is 0 Å². The van der Waals surface area contributed by atoms with Gasteiger partial charge in [-0.3, -0.25) is 9.89 Å². The summed E-state index contributed by atoms with van der Waals surface area (Å²) < 4.78 is 0. The van der Waals surface area contributed by atoms with Crippen LogP contribution in [0.1, 0.15) is 34.8 Å². The van der Waals surface area contributed by atoms with Crippen molar-refractivity contribution in [1.82, 2.24) is 15.1 Å². The number of nitrogens with zero attached hydrogens (tertiary/aromatic N) is 2. The minimum absolute atomic E-state index is 0.137. The number of amides is 1. The Balaban J connectivity index is 1.48. The zero-order chi connectivity index (χ0) is 18.8. The van der Waals surface area contributed by atoms with Gasteiger partial charge in [0.1, 0.15) is 0 Å².